The average molecular weight is 282 g/mol. The van der Waals surface area contributed by atoms with Crippen molar-refractivity contribution in [2.45, 2.75) is 0 Å². The summed E-state index contributed by atoms with van der Waals surface area (Å²) in [6, 6.07) is 0. The van der Waals surface area contributed by atoms with Gasteiger partial charge in [0, 0.05) is 0 Å². The minimum absolute atomic E-state index is 0.376. The van der Waals surface area contributed by atoms with Crippen LogP contribution in [-0.2, 0) is 34.2 Å². The second-order valence-electron chi connectivity index (χ2n) is 0.469. The Balaban J connectivity index is 2.34. The quantitative estimate of drug-likeness (QED) is 0.387. The van der Waals surface area contributed by atoms with Crippen LogP contribution < -0.4 is 0 Å². The first-order valence-electron chi connectivity index (χ1n) is 1.32. The molecule has 0 aliphatic heterocycles. The summed E-state index contributed by atoms with van der Waals surface area (Å²) in [5.41, 5.74) is 0. The molecule has 6 heteroatoms. The van der Waals surface area contributed by atoms with Crippen molar-refractivity contribution in [3.8, 4) is 0 Å². The van der Waals surface area contributed by atoms with Crippen LogP contribution in [0.5, 0.6) is 0 Å². The summed E-state index contributed by atoms with van der Waals surface area (Å²) in [6.45, 7) is 0. The van der Waals surface area contributed by atoms with Crippen molar-refractivity contribution < 1.29 is 34.2 Å². The Morgan fingerprint density at radius 2 is 1.33 bits per heavy atom. The molecule has 0 bridgehead atoms. The van der Waals surface area contributed by atoms with Gasteiger partial charge in [0.15, 0.2) is 0 Å². The van der Waals surface area contributed by atoms with Crippen LogP contribution in [0.4, 0.5) is 0 Å². The van der Waals surface area contributed by atoms with Crippen LogP contribution in [0.15, 0.2) is 0 Å². The van der Waals surface area contributed by atoms with E-state index in [1.54, 1.807) is 0 Å². The fourth-order valence-electron chi connectivity index (χ4n) is 0.0556. The number of rotatable bonds is 3. The molecule has 0 saturated heterocycles. The summed E-state index contributed by atoms with van der Waals surface area (Å²) >= 11 is 0.752. The molecule has 0 amide bonds. The Hall–Kier alpha value is 2.21. The van der Waals surface area contributed by atoms with Crippen LogP contribution in [-0.4, -0.2) is 12.2 Å². The standard InChI is InChI=1S/2BH2.2Mo.S2/c;;;;1-2/h2*1H2;;;/q2*+1;;;-2. The zero-order valence-corrected chi connectivity index (χ0v) is 9.28. The molecule has 0 rings (SSSR count). The van der Waals surface area contributed by atoms with Crippen LogP contribution in [0.3, 0.4) is 0 Å². The van der Waals surface area contributed by atoms with Crippen molar-refractivity contribution in [2.24, 2.45) is 0 Å². The van der Waals surface area contributed by atoms with Crippen molar-refractivity contribution in [1.29, 1.82) is 0 Å². The molecule has 0 radical (unpaired) electrons. The number of hydrogen-bond donors (Lipinski definition) is 0. The van der Waals surface area contributed by atoms with Crippen LogP contribution in [0.1, 0.15) is 0 Å². The zero-order valence-electron chi connectivity index (χ0n) is 3.63. The molecule has 0 aromatic heterocycles. The molecule has 0 aliphatic rings. The van der Waals surface area contributed by atoms with E-state index in [2.05, 4.69) is 29.2 Å². The Kier molecular flexibility index (Phi) is 9.86. The predicted octanol–water partition coefficient (Wildman–Crippen LogP) is -0.541. The Morgan fingerprint density at radius 3 is 1.50 bits per heavy atom. The van der Waals surface area contributed by atoms with Crippen molar-refractivity contribution in [3.63, 3.8) is 0 Å². The molecule has 0 unspecified atom stereocenters. The molecule has 34 valence electrons. The molecule has 0 atom stereocenters. The molecule has 0 aromatic rings. The zero-order chi connectivity index (χ0) is 4.83. The monoisotopic (exact) mass is 286 g/mol. The Labute approximate surface area is 62.6 Å². The van der Waals surface area contributed by atoms with Crippen molar-refractivity contribution >= 4 is 29.2 Å². The molecule has 0 fully saturated rings. The summed E-state index contributed by atoms with van der Waals surface area (Å²) in [4.78, 5) is 0. The van der Waals surface area contributed by atoms with E-state index in [0.29, 0.717) is 34.2 Å². The van der Waals surface area contributed by atoms with E-state index < -0.39 is 0 Å². The van der Waals surface area contributed by atoms with Crippen molar-refractivity contribution in [2.75, 3.05) is 0 Å². The average Bonchev–Trinajstić information content (AvgIpc) is 1.61. The third-order valence-electron chi connectivity index (χ3n) is 0.164. The third kappa shape index (κ3) is 6.21. The van der Waals surface area contributed by atoms with E-state index in [1.165, 1.54) is 0 Å². The van der Waals surface area contributed by atoms with Crippen LogP contribution in [0.2, 0.25) is 0 Å². The van der Waals surface area contributed by atoms with Gasteiger partial charge < -0.3 is 0 Å². The second kappa shape index (κ2) is 7.21. The molecule has 0 saturated carbocycles. The number of hydrogen-bond acceptors (Lipinski definition) is 2. The van der Waals surface area contributed by atoms with Gasteiger partial charge in [0.2, 0.25) is 0 Å². The molecular weight excluding hydrogens is 278 g/mol. The van der Waals surface area contributed by atoms with Gasteiger partial charge >= 0.3 is 63.4 Å². The third-order valence-corrected chi connectivity index (χ3v) is 16.0. The van der Waals surface area contributed by atoms with E-state index in [-0.39, 0.29) is 0 Å². The first-order valence-corrected chi connectivity index (χ1v) is 12.2. The molecule has 0 spiro atoms. The predicted molar refractivity (Wildman–Crippen MR) is 32.3 cm³/mol. The van der Waals surface area contributed by atoms with E-state index in [0.717, 1.165) is 0 Å². The van der Waals surface area contributed by atoms with E-state index in [9.17, 15) is 0 Å². The summed E-state index contributed by atoms with van der Waals surface area (Å²) in [5.74, 6) is 0. The Morgan fingerprint density at radius 1 is 1.00 bits per heavy atom. The van der Waals surface area contributed by atoms with Gasteiger partial charge in [0.25, 0.3) is 0 Å². The fraction of sp³-hybridized carbons (Fsp3) is 0. The summed E-state index contributed by atoms with van der Waals surface area (Å²) < 4.78 is 0. The van der Waals surface area contributed by atoms with Gasteiger partial charge in [-0.2, -0.15) is 0 Å². The fourth-order valence-corrected chi connectivity index (χ4v) is 17.5. The van der Waals surface area contributed by atoms with Crippen molar-refractivity contribution in [3.05, 3.63) is 0 Å². The van der Waals surface area contributed by atoms with Crippen LogP contribution in [0, 0.1) is 0 Å². The summed E-state index contributed by atoms with van der Waals surface area (Å²) in [5, 5.41) is 0. The summed E-state index contributed by atoms with van der Waals surface area (Å²) in [7, 11) is 4.23. The molecular formula is H4B2Mo2S2. The normalized spacial score (nSPS) is 8.67. The van der Waals surface area contributed by atoms with Gasteiger partial charge in [-0.15, -0.1) is 0 Å². The van der Waals surface area contributed by atoms with Gasteiger partial charge in [-0.3, -0.25) is 0 Å². The van der Waals surface area contributed by atoms with Crippen LogP contribution >= 0.6 is 17.0 Å². The maximum atomic E-state index is 2.32. The molecule has 6 heavy (non-hydrogen) atoms. The van der Waals surface area contributed by atoms with Crippen molar-refractivity contribution in [1.82, 2.24) is 0 Å². The Bertz CT molecular complexity index is 21.5. The first-order chi connectivity index (χ1) is 2.91. The topological polar surface area (TPSA) is 0 Å². The van der Waals surface area contributed by atoms with E-state index in [1.807, 2.05) is 0 Å². The van der Waals surface area contributed by atoms with Gasteiger partial charge in [0.1, 0.15) is 0 Å². The SMILES string of the molecule is [BH2][Mo][S][S][Mo][BH2]. The molecule has 0 heterocycles. The van der Waals surface area contributed by atoms with Gasteiger partial charge in [-0.25, -0.2) is 0 Å². The molecule has 0 nitrogen and oxygen atoms in total. The summed E-state index contributed by atoms with van der Waals surface area (Å²) in [6.07, 6.45) is 4.65. The van der Waals surface area contributed by atoms with Crippen LogP contribution in [0.25, 0.3) is 0 Å². The molecule has 0 aliphatic carbocycles. The second-order valence-corrected chi connectivity index (χ2v) is 13.2. The first kappa shape index (κ1) is 8.21. The van der Waals surface area contributed by atoms with E-state index in [4.69, 9.17) is 0 Å². The maximum absolute atomic E-state index is 2.32. The van der Waals surface area contributed by atoms with Gasteiger partial charge in [-0.05, 0) is 0 Å². The van der Waals surface area contributed by atoms with Gasteiger partial charge in [-0.1, -0.05) is 0 Å². The van der Waals surface area contributed by atoms with E-state index >= 15 is 0 Å². The molecule has 0 N–H and O–H groups in total. The minimum atomic E-state index is 0.376. The van der Waals surface area contributed by atoms with Gasteiger partial charge in [0.05, 0.1) is 0 Å². The molecule has 0 aromatic carbocycles.